The number of H-pyrrole nitrogens is 1. The summed E-state index contributed by atoms with van der Waals surface area (Å²) in [5.74, 6) is 0.285. The molecule has 4 rings (SSSR count). The van der Waals surface area contributed by atoms with Gasteiger partial charge in [-0.3, -0.25) is 0 Å². The van der Waals surface area contributed by atoms with E-state index in [1.807, 2.05) is 12.1 Å². The standard InChI is InChI=1S/C17H14N4/c18-21-20-17-9-14(11-5-1-2-6-12(11)17)15-10-19-16-8-4-3-7-13(15)16/h1-8,10,14,17,19H,9H2/t14-,17-/m1/s1. The molecule has 3 aromatic rings. The van der Waals surface area contributed by atoms with Gasteiger partial charge in [-0.15, -0.1) is 0 Å². The molecule has 0 aliphatic heterocycles. The van der Waals surface area contributed by atoms with Crippen molar-refractivity contribution in [3.63, 3.8) is 0 Å². The summed E-state index contributed by atoms with van der Waals surface area (Å²) in [6.45, 7) is 0. The van der Waals surface area contributed by atoms with Crippen LogP contribution in [0.1, 0.15) is 35.1 Å². The molecular weight excluding hydrogens is 260 g/mol. The van der Waals surface area contributed by atoms with Crippen LogP contribution in [0.3, 0.4) is 0 Å². The Morgan fingerprint density at radius 1 is 1.00 bits per heavy atom. The molecule has 0 fully saturated rings. The summed E-state index contributed by atoms with van der Waals surface area (Å²) in [5, 5.41) is 5.22. The van der Waals surface area contributed by atoms with Gasteiger partial charge in [-0.1, -0.05) is 47.6 Å². The second-order valence-corrected chi connectivity index (χ2v) is 5.43. The molecule has 1 aliphatic carbocycles. The van der Waals surface area contributed by atoms with Crippen LogP contribution in [0.4, 0.5) is 0 Å². The van der Waals surface area contributed by atoms with Crippen LogP contribution in [-0.2, 0) is 0 Å². The normalized spacial score (nSPS) is 20.2. The number of nitrogens with zero attached hydrogens (tertiary/aromatic N) is 3. The Hall–Kier alpha value is -2.71. The molecule has 21 heavy (non-hydrogen) atoms. The van der Waals surface area contributed by atoms with E-state index in [0.29, 0.717) is 0 Å². The van der Waals surface area contributed by atoms with E-state index in [-0.39, 0.29) is 12.0 Å². The summed E-state index contributed by atoms with van der Waals surface area (Å²) >= 11 is 0. The van der Waals surface area contributed by atoms with Gasteiger partial charge in [0.1, 0.15) is 0 Å². The topological polar surface area (TPSA) is 64.6 Å². The number of para-hydroxylation sites is 1. The molecule has 0 saturated heterocycles. The van der Waals surface area contributed by atoms with Crippen LogP contribution in [0.5, 0.6) is 0 Å². The lowest BCUT2D eigenvalue weighted by molar-refractivity contribution is 0.660. The minimum atomic E-state index is -0.0649. The summed E-state index contributed by atoms with van der Waals surface area (Å²) in [7, 11) is 0. The minimum Gasteiger partial charge on any atom is -0.361 e. The largest absolute Gasteiger partial charge is 0.361 e. The first-order chi connectivity index (χ1) is 10.4. The molecule has 0 saturated carbocycles. The third kappa shape index (κ3) is 1.81. The Balaban J connectivity index is 1.88. The number of rotatable bonds is 2. The zero-order chi connectivity index (χ0) is 14.2. The Bertz CT molecular complexity index is 858. The highest BCUT2D eigenvalue weighted by Gasteiger charge is 2.32. The number of nitrogens with one attached hydrogen (secondary N) is 1. The smallest absolute Gasteiger partial charge is 0.0637 e. The molecule has 2 atom stereocenters. The predicted molar refractivity (Wildman–Crippen MR) is 83.1 cm³/mol. The van der Waals surface area contributed by atoms with Crippen molar-refractivity contribution < 1.29 is 0 Å². The van der Waals surface area contributed by atoms with Crippen LogP contribution in [0.25, 0.3) is 21.3 Å². The number of hydrogen-bond acceptors (Lipinski definition) is 1. The molecule has 1 aromatic heterocycles. The van der Waals surface area contributed by atoms with Gasteiger partial charge in [-0.25, -0.2) is 0 Å². The lowest BCUT2D eigenvalue weighted by Gasteiger charge is -2.10. The van der Waals surface area contributed by atoms with Crippen LogP contribution in [0.15, 0.2) is 59.8 Å². The monoisotopic (exact) mass is 274 g/mol. The Morgan fingerprint density at radius 2 is 1.76 bits per heavy atom. The van der Waals surface area contributed by atoms with E-state index in [1.165, 1.54) is 16.5 Å². The molecule has 1 heterocycles. The fraction of sp³-hybridized carbons (Fsp3) is 0.176. The van der Waals surface area contributed by atoms with E-state index in [0.717, 1.165) is 17.5 Å². The van der Waals surface area contributed by atoms with Gasteiger partial charge in [0, 0.05) is 27.9 Å². The average molecular weight is 274 g/mol. The lowest BCUT2D eigenvalue weighted by Crippen LogP contribution is -1.94. The van der Waals surface area contributed by atoms with Gasteiger partial charge in [0.2, 0.25) is 0 Å². The molecule has 0 bridgehead atoms. The van der Waals surface area contributed by atoms with E-state index >= 15 is 0 Å². The maximum Gasteiger partial charge on any atom is 0.0637 e. The summed E-state index contributed by atoms with van der Waals surface area (Å²) in [6.07, 6.45) is 2.93. The summed E-state index contributed by atoms with van der Waals surface area (Å²) < 4.78 is 0. The number of aromatic amines is 1. The van der Waals surface area contributed by atoms with Gasteiger partial charge >= 0.3 is 0 Å². The highest BCUT2D eigenvalue weighted by atomic mass is 15.1. The second kappa shape index (κ2) is 4.69. The zero-order valence-electron chi connectivity index (χ0n) is 11.4. The van der Waals surface area contributed by atoms with Gasteiger partial charge < -0.3 is 4.98 Å². The highest BCUT2D eigenvalue weighted by molar-refractivity contribution is 5.84. The first kappa shape index (κ1) is 12.1. The van der Waals surface area contributed by atoms with E-state index in [4.69, 9.17) is 5.53 Å². The van der Waals surface area contributed by atoms with Crippen molar-refractivity contribution in [1.82, 2.24) is 4.98 Å². The van der Waals surface area contributed by atoms with Crippen molar-refractivity contribution >= 4 is 10.9 Å². The predicted octanol–water partition coefficient (Wildman–Crippen LogP) is 5.05. The van der Waals surface area contributed by atoms with Crippen LogP contribution < -0.4 is 0 Å². The fourth-order valence-corrected chi connectivity index (χ4v) is 3.46. The van der Waals surface area contributed by atoms with Crippen LogP contribution in [-0.4, -0.2) is 4.98 Å². The first-order valence-electron chi connectivity index (χ1n) is 7.07. The van der Waals surface area contributed by atoms with E-state index < -0.39 is 0 Å². The van der Waals surface area contributed by atoms with Gasteiger partial charge in [-0.05, 0) is 34.7 Å². The number of azide groups is 1. The molecule has 0 spiro atoms. The zero-order valence-corrected chi connectivity index (χ0v) is 11.4. The molecule has 1 aliphatic rings. The molecule has 4 heteroatoms. The van der Waals surface area contributed by atoms with Crippen LogP contribution >= 0.6 is 0 Å². The molecule has 102 valence electrons. The first-order valence-corrected chi connectivity index (χ1v) is 7.07. The van der Waals surface area contributed by atoms with Gasteiger partial charge in [-0.2, -0.15) is 0 Å². The van der Waals surface area contributed by atoms with Crippen LogP contribution in [0.2, 0.25) is 0 Å². The highest BCUT2D eigenvalue weighted by Crippen LogP contribution is 2.47. The Morgan fingerprint density at radius 3 is 2.62 bits per heavy atom. The molecule has 2 aromatic carbocycles. The Kier molecular flexibility index (Phi) is 2.69. The van der Waals surface area contributed by atoms with Crippen molar-refractivity contribution in [2.75, 3.05) is 0 Å². The molecule has 1 N–H and O–H groups in total. The number of aromatic nitrogens is 1. The van der Waals surface area contributed by atoms with Crippen LogP contribution in [0, 0.1) is 0 Å². The quantitative estimate of drug-likeness (QED) is 0.386. The Labute approximate surface area is 122 Å². The van der Waals surface area contributed by atoms with E-state index in [2.05, 4.69) is 57.6 Å². The maximum absolute atomic E-state index is 8.79. The molecular formula is C17H14N4. The number of fused-ring (bicyclic) bond motifs is 2. The summed E-state index contributed by atoms with van der Waals surface area (Å²) in [5.41, 5.74) is 13.7. The second-order valence-electron chi connectivity index (χ2n) is 5.43. The van der Waals surface area contributed by atoms with E-state index in [1.54, 1.807) is 0 Å². The third-order valence-electron chi connectivity index (χ3n) is 4.38. The summed E-state index contributed by atoms with van der Waals surface area (Å²) in [6, 6.07) is 16.5. The van der Waals surface area contributed by atoms with Crippen molar-refractivity contribution in [2.45, 2.75) is 18.4 Å². The fourth-order valence-electron chi connectivity index (χ4n) is 3.46. The molecule has 0 radical (unpaired) electrons. The average Bonchev–Trinajstić information content (AvgIpc) is 3.10. The maximum atomic E-state index is 8.79. The van der Waals surface area contributed by atoms with Crippen molar-refractivity contribution in [3.05, 3.63) is 81.9 Å². The lowest BCUT2D eigenvalue weighted by atomic mass is 9.93. The van der Waals surface area contributed by atoms with Crippen molar-refractivity contribution in [2.24, 2.45) is 5.11 Å². The van der Waals surface area contributed by atoms with Gasteiger partial charge in [0.15, 0.2) is 0 Å². The van der Waals surface area contributed by atoms with Gasteiger partial charge in [0.25, 0.3) is 0 Å². The van der Waals surface area contributed by atoms with Crippen molar-refractivity contribution in [1.29, 1.82) is 0 Å². The van der Waals surface area contributed by atoms with Gasteiger partial charge in [0.05, 0.1) is 6.04 Å². The SMILES string of the molecule is [N-]=[N+]=N[C@@H]1C[C@@H](c2c[nH]c3ccccc23)c2ccccc21. The summed E-state index contributed by atoms with van der Waals surface area (Å²) in [4.78, 5) is 6.35. The minimum absolute atomic E-state index is 0.0649. The third-order valence-corrected chi connectivity index (χ3v) is 4.38. The number of hydrogen-bond donors (Lipinski definition) is 1. The number of benzene rings is 2. The molecule has 0 unspecified atom stereocenters. The molecule has 4 nitrogen and oxygen atoms in total. The molecule has 0 amide bonds. The van der Waals surface area contributed by atoms with E-state index in [9.17, 15) is 0 Å². The van der Waals surface area contributed by atoms with Crippen molar-refractivity contribution in [3.8, 4) is 0 Å².